The molecule has 10 atom stereocenters. The van der Waals surface area contributed by atoms with Gasteiger partial charge in [-0.1, -0.05) is 48.5 Å². The number of hydrogen-bond acceptors (Lipinski definition) is 4. The summed E-state index contributed by atoms with van der Waals surface area (Å²) in [6.07, 6.45) is 10.6. The molecule has 4 unspecified atom stereocenters. The van der Waals surface area contributed by atoms with Crippen molar-refractivity contribution in [1.82, 2.24) is 5.32 Å². The summed E-state index contributed by atoms with van der Waals surface area (Å²) in [7, 11) is 0. The third-order valence-electron chi connectivity index (χ3n) is 15.0. The molecule has 1 amide bonds. The van der Waals surface area contributed by atoms with Gasteiger partial charge in [-0.15, -0.1) is 0 Å². The minimum atomic E-state index is -0.859. The van der Waals surface area contributed by atoms with Crippen molar-refractivity contribution < 1.29 is 24.2 Å². The van der Waals surface area contributed by atoms with Gasteiger partial charge in [0.2, 0.25) is 0 Å². The van der Waals surface area contributed by atoms with E-state index in [0.717, 1.165) is 44.9 Å². The number of fused-ring (bicyclic) bond motifs is 7. The molecule has 238 valence electrons. The van der Waals surface area contributed by atoms with Crippen LogP contribution >= 0.6 is 0 Å². The zero-order valence-corrected chi connectivity index (χ0v) is 27.8. The van der Waals surface area contributed by atoms with Gasteiger partial charge in [0.1, 0.15) is 11.9 Å². The number of amides is 1. The van der Waals surface area contributed by atoms with Crippen molar-refractivity contribution in [2.45, 2.75) is 139 Å². The largest absolute Gasteiger partial charge is 0.481 e. The van der Waals surface area contributed by atoms with E-state index in [9.17, 15) is 19.5 Å². The minimum Gasteiger partial charge on any atom is -0.481 e. The van der Waals surface area contributed by atoms with Crippen molar-refractivity contribution in [2.24, 2.45) is 62.6 Å². The fourth-order valence-corrected chi connectivity index (χ4v) is 12.8. The van der Waals surface area contributed by atoms with E-state index in [1.807, 2.05) is 6.92 Å². The van der Waals surface area contributed by atoms with Gasteiger partial charge in [-0.05, 0) is 123 Å². The lowest BCUT2D eigenvalue weighted by atomic mass is 9.32. The van der Waals surface area contributed by atoms with Gasteiger partial charge >= 0.3 is 12.1 Å². The third-order valence-corrected chi connectivity index (χ3v) is 15.0. The molecule has 6 heteroatoms. The molecule has 42 heavy (non-hydrogen) atoms. The molecule has 0 heterocycles. The summed E-state index contributed by atoms with van der Waals surface area (Å²) in [4.78, 5) is 37.9. The van der Waals surface area contributed by atoms with Gasteiger partial charge in [0.15, 0.2) is 0 Å². The van der Waals surface area contributed by atoms with Gasteiger partial charge in [0, 0.05) is 23.8 Å². The smallest absolute Gasteiger partial charge is 0.407 e. The molecule has 2 N–H and O–H groups in total. The highest BCUT2D eigenvalue weighted by atomic mass is 16.6. The maximum absolute atomic E-state index is 14.0. The number of ether oxygens (including phenoxy) is 1. The first-order valence-corrected chi connectivity index (χ1v) is 17.3. The molecular weight excluding hydrogens is 526 g/mol. The van der Waals surface area contributed by atoms with E-state index in [4.69, 9.17) is 4.74 Å². The van der Waals surface area contributed by atoms with Gasteiger partial charge < -0.3 is 15.2 Å². The van der Waals surface area contributed by atoms with Gasteiger partial charge in [0.25, 0.3) is 0 Å². The molecule has 0 radical (unpaired) electrons. The van der Waals surface area contributed by atoms with Crippen molar-refractivity contribution in [3.63, 3.8) is 0 Å². The third kappa shape index (κ3) is 4.49. The van der Waals surface area contributed by atoms with Crippen LogP contribution in [0, 0.1) is 62.6 Å². The van der Waals surface area contributed by atoms with Crippen LogP contribution in [0.3, 0.4) is 0 Å². The number of hydrogen-bond donors (Lipinski definition) is 2. The van der Waals surface area contributed by atoms with E-state index in [2.05, 4.69) is 53.8 Å². The summed E-state index contributed by atoms with van der Waals surface area (Å²) in [6, 6.07) is 0. The Hall–Kier alpha value is -1.59. The summed E-state index contributed by atoms with van der Waals surface area (Å²) in [5.74, 6) is 2.47. The average molecular weight is 586 g/mol. The van der Waals surface area contributed by atoms with E-state index in [0.29, 0.717) is 42.1 Å². The lowest BCUT2D eigenvalue weighted by Gasteiger charge is -2.73. The van der Waals surface area contributed by atoms with Gasteiger partial charge in [0.05, 0.1) is 6.42 Å². The number of ketones is 1. The highest BCUT2D eigenvalue weighted by molar-refractivity contribution is 5.88. The van der Waals surface area contributed by atoms with Crippen molar-refractivity contribution in [2.75, 3.05) is 6.54 Å². The number of carbonyl (C=O) groups excluding carboxylic acids is 2. The standard InChI is InChI=1S/C36H59NO5/c1-9-37-31(41)42-28-16-17-33(6)25(32(28,4)5)15-18-35(8)26(33)11-10-24-30-23(22(2)3)14-19-36(30,21-20-34(24,35)7)27(38)12-13-29(39)40/h22-26,28,30H,9-21H2,1-8H3,(H,37,41)(H,39,40)/t23-,24?,25?,26?,28+,30?,33-,34+,35+,36+/m0/s1. The molecule has 5 saturated carbocycles. The van der Waals surface area contributed by atoms with Crippen LogP contribution < -0.4 is 5.32 Å². The van der Waals surface area contributed by atoms with Crippen LogP contribution in [0.1, 0.15) is 132 Å². The summed E-state index contributed by atoms with van der Waals surface area (Å²) in [5, 5.41) is 12.2. The average Bonchev–Trinajstić information content (AvgIpc) is 3.31. The lowest BCUT2D eigenvalue weighted by Crippen LogP contribution is -2.67. The van der Waals surface area contributed by atoms with Gasteiger partial charge in [-0.3, -0.25) is 9.59 Å². The molecule has 0 aromatic rings. The molecular formula is C36H59NO5. The Morgan fingerprint density at radius 1 is 0.833 bits per heavy atom. The molecule has 5 aliphatic carbocycles. The van der Waals surface area contributed by atoms with E-state index in [1.54, 1.807) is 0 Å². The van der Waals surface area contributed by atoms with E-state index >= 15 is 0 Å². The van der Waals surface area contributed by atoms with Crippen molar-refractivity contribution in [3.8, 4) is 0 Å². The fraction of sp³-hybridized carbons (Fsp3) is 0.917. The second kappa shape index (κ2) is 10.8. The van der Waals surface area contributed by atoms with Crippen LogP contribution in [-0.4, -0.2) is 35.6 Å². The molecule has 5 aliphatic rings. The Morgan fingerprint density at radius 2 is 1.55 bits per heavy atom. The molecule has 6 nitrogen and oxygen atoms in total. The van der Waals surface area contributed by atoms with Gasteiger partial charge in [-0.25, -0.2) is 4.79 Å². The monoisotopic (exact) mass is 585 g/mol. The first kappa shape index (κ1) is 31.8. The first-order chi connectivity index (χ1) is 19.6. The maximum atomic E-state index is 14.0. The Labute approximate surface area is 254 Å². The molecule has 0 aromatic heterocycles. The van der Waals surface area contributed by atoms with Gasteiger partial charge in [-0.2, -0.15) is 0 Å². The van der Waals surface area contributed by atoms with Crippen LogP contribution in [0.5, 0.6) is 0 Å². The molecule has 0 aliphatic heterocycles. The maximum Gasteiger partial charge on any atom is 0.407 e. The fourth-order valence-electron chi connectivity index (χ4n) is 12.8. The predicted octanol–water partition coefficient (Wildman–Crippen LogP) is 8.27. The molecule has 5 fully saturated rings. The summed E-state index contributed by atoms with van der Waals surface area (Å²) in [5.41, 5.74) is 0.162. The number of Topliss-reactive ketones (excluding diaryl/α,β-unsaturated/α-hetero) is 1. The summed E-state index contributed by atoms with van der Waals surface area (Å²) in [6.45, 7) is 19.7. The van der Waals surface area contributed by atoms with Crippen molar-refractivity contribution in [1.29, 1.82) is 0 Å². The Balaban J connectivity index is 1.46. The Morgan fingerprint density at radius 3 is 2.19 bits per heavy atom. The summed E-state index contributed by atoms with van der Waals surface area (Å²) < 4.78 is 6.04. The number of carboxylic acids is 1. The lowest BCUT2D eigenvalue weighted by molar-refractivity contribution is -0.247. The van der Waals surface area contributed by atoms with Crippen LogP contribution in [0.25, 0.3) is 0 Å². The second-order valence-electron chi connectivity index (χ2n) is 16.9. The Kier molecular flexibility index (Phi) is 8.17. The number of rotatable bonds is 7. The first-order valence-electron chi connectivity index (χ1n) is 17.3. The number of nitrogens with one attached hydrogen (secondary N) is 1. The van der Waals surface area contributed by atoms with E-state index in [1.165, 1.54) is 19.3 Å². The zero-order chi connectivity index (χ0) is 30.9. The summed E-state index contributed by atoms with van der Waals surface area (Å²) >= 11 is 0. The Bertz CT molecular complexity index is 1080. The number of alkyl carbamates (subject to hydrolysis) is 1. The SMILES string of the molecule is CCNC(=O)O[C@@H]1CC[C@@]2(C)C(CC[C@]3(C)C2CCC2C4[C@H](C(C)C)CC[C@]4(C(=O)CCC(=O)O)CC[C@]23C)C1(C)C. The normalized spacial score (nSPS) is 45.6. The molecule has 5 rings (SSSR count). The number of carboxylic acid groups (broad SMARTS) is 1. The second-order valence-corrected chi connectivity index (χ2v) is 16.9. The molecule has 0 saturated heterocycles. The minimum absolute atomic E-state index is 0.0400. The van der Waals surface area contributed by atoms with Crippen LogP contribution in [0.2, 0.25) is 0 Å². The highest BCUT2D eigenvalue weighted by Crippen LogP contribution is 2.77. The predicted molar refractivity (Wildman–Crippen MR) is 165 cm³/mol. The van der Waals surface area contributed by atoms with Crippen LogP contribution in [0.4, 0.5) is 4.79 Å². The van der Waals surface area contributed by atoms with Crippen LogP contribution in [0.15, 0.2) is 0 Å². The number of carbonyl (C=O) groups is 3. The molecule has 0 aromatic carbocycles. The number of aliphatic carboxylic acids is 1. The van der Waals surface area contributed by atoms with Crippen molar-refractivity contribution in [3.05, 3.63) is 0 Å². The molecule has 0 spiro atoms. The topological polar surface area (TPSA) is 92.7 Å². The quantitative estimate of drug-likeness (QED) is 0.314. The van der Waals surface area contributed by atoms with Crippen molar-refractivity contribution >= 4 is 17.8 Å². The zero-order valence-electron chi connectivity index (χ0n) is 27.8. The van der Waals surface area contributed by atoms with Crippen LogP contribution in [-0.2, 0) is 14.3 Å². The molecule has 0 bridgehead atoms. The van der Waals surface area contributed by atoms with E-state index in [-0.39, 0.29) is 57.9 Å². The highest BCUT2D eigenvalue weighted by Gasteiger charge is 2.72. The van der Waals surface area contributed by atoms with E-state index < -0.39 is 5.97 Å².